The zero-order chi connectivity index (χ0) is 13.1. The molecule has 0 bridgehead atoms. The summed E-state index contributed by atoms with van der Waals surface area (Å²) < 4.78 is 0. The van der Waals surface area contributed by atoms with E-state index in [2.05, 4.69) is 0 Å². The Balaban J connectivity index is 2.18. The Morgan fingerprint density at radius 3 is 2.94 bits per heavy atom. The van der Waals surface area contributed by atoms with Crippen molar-refractivity contribution >= 4 is 17.6 Å². The summed E-state index contributed by atoms with van der Waals surface area (Å²) in [5.41, 5.74) is 3.17. The summed E-state index contributed by atoms with van der Waals surface area (Å²) >= 11 is 0. The molecule has 0 aromatic heterocycles. The third-order valence-corrected chi connectivity index (χ3v) is 3.10. The summed E-state index contributed by atoms with van der Waals surface area (Å²) in [6, 6.07) is 5.90. The number of hydrogen-bond donors (Lipinski definition) is 1. The number of aryl methyl sites for hydroxylation is 1. The number of allylic oxidation sites excluding steroid dienone is 1. The van der Waals surface area contributed by atoms with Gasteiger partial charge in [0, 0.05) is 25.2 Å². The molecule has 0 atom stereocenters. The number of rotatable bonds is 3. The molecule has 1 aliphatic heterocycles. The molecule has 0 unspecified atom stereocenters. The standard InChI is InChI=1S/C14H15NO3/c1-15-12-7-5-10(3-2-4-14(17)18)9-11(12)6-8-13(15)16/h2,4-5,7,9H,3,6,8H2,1H3,(H,17,18)/b4-2+. The number of carboxylic acids is 1. The zero-order valence-corrected chi connectivity index (χ0v) is 10.2. The number of benzene rings is 1. The van der Waals surface area contributed by atoms with Crippen molar-refractivity contribution < 1.29 is 14.7 Å². The van der Waals surface area contributed by atoms with Crippen molar-refractivity contribution in [2.75, 3.05) is 11.9 Å². The van der Waals surface area contributed by atoms with Crippen LogP contribution in [0.4, 0.5) is 5.69 Å². The lowest BCUT2D eigenvalue weighted by atomic mass is 9.98. The average Bonchev–Trinajstić information content (AvgIpc) is 2.33. The summed E-state index contributed by atoms with van der Waals surface area (Å²) in [7, 11) is 1.78. The molecule has 1 amide bonds. The van der Waals surface area contributed by atoms with Gasteiger partial charge in [-0.2, -0.15) is 0 Å². The predicted octanol–water partition coefficient (Wildman–Crippen LogP) is 1.78. The number of aliphatic carboxylic acids is 1. The molecule has 0 fully saturated rings. The molecule has 0 saturated heterocycles. The van der Waals surface area contributed by atoms with E-state index in [1.165, 1.54) is 0 Å². The topological polar surface area (TPSA) is 57.6 Å². The van der Waals surface area contributed by atoms with Gasteiger partial charge in [-0.3, -0.25) is 4.79 Å². The predicted molar refractivity (Wildman–Crippen MR) is 68.7 cm³/mol. The molecule has 0 spiro atoms. The van der Waals surface area contributed by atoms with Gasteiger partial charge in [-0.25, -0.2) is 4.79 Å². The minimum Gasteiger partial charge on any atom is -0.478 e. The smallest absolute Gasteiger partial charge is 0.327 e. The van der Waals surface area contributed by atoms with Crippen molar-refractivity contribution in [1.82, 2.24) is 0 Å². The fourth-order valence-electron chi connectivity index (χ4n) is 2.13. The highest BCUT2D eigenvalue weighted by Crippen LogP contribution is 2.27. The van der Waals surface area contributed by atoms with E-state index in [0.29, 0.717) is 12.8 Å². The van der Waals surface area contributed by atoms with E-state index in [1.54, 1.807) is 18.0 Å². The Morgan fingerprint density at radius 2 is 2.22 bits per heavy atom. The third-order valence-electron chi connectivity index (χ3n) is 3.10. The van der Waals surface area contributed by atoms with Crippen molar-refractivity contribution in [1.29, 1.82) is 0 Å². The summed E-state index contributed by atoms with van der Waals surface area (Å²) in [4.78, 5) is 23.6. The molecule has 1 heterocycles. The van der Waals surface area contributed by atoms with Crippen LogP contribution in [0.2, 0.25) is 0 Å². The molecule has 18 heavy (non-hydrogen) atoms. The van der Waals surface area contributed by atoms with Gasteiger partial charge >= 0.3 is 5.97 Å². The Bertz CT molecular complexity index is 520. The van der Waals surface area contributed by atoms with E-state index in [1.807, 2.05) is 18.2 Å². The van der Waals surface area contributed by atoms with Crippen LogP contribution in [0, 0.1) is 0 Å². The molecule has 0 radical (unpaired) electrons. The van der Waals surface area contributed by atoms with Crippen molar-refractivity contribution in [2.45, 2.75) is 19.3 Å². The van der Waals surface area contributed by atoms with Gasteiger partial charge in [-0.05, 0) is 30.0 Å². The number of hydrogen-bond acceptors (Lipinski definition) is 2. The van der Waals surface area contributed by atoms with Crippen LogP contribution < -0.4 is 4.90 Å². The normalized spacial score (nSPS) is 14.9. The van der Waals surface area contributed by atoms with Crippen LogP contribution in [-0.2, 0) is 22.4 Å². The number of fused-ring (bicyclic) bond motifs is 1. The minimum absolute atomic E-state index is 0.140. The highest BCUT2D eigenvalue weighted by atomic mass is 16.4. The molecular formula is C14H15NO3. The first-order chi connectivity index (χ1) is 8.58. The molecule has 2 rings (SSSR count). The lowest BCUT2D eigenvalue weighted by molar-refractivity contribution is -0.131. The number of amides is 1. The maximum absolute atomic E-state index is 11.5. The van der Waals surface area contributed by atoms with Crippen LogP contribution in [0.5, 0.6) is 0 Å². The highest BCUT2D eigenvalue weighted by Gasteiger charge is 2.20. The first kappa shape index (κ1) is 12.4. The molecule has 4 nitrogen and oxygen atoms in total. The summed E-state index contributed by atoms with van der Waals surface area (Å²) in [6.07, 6.45) is 4.67. The van der Waals surface area contributed by atoms with Gasteiger partial charge in [-0.1, -0.05) is 18.2 Å². The van der Waals surface area contributed by atoms with Crippen molar-refractivity contribution in [3.8, 4) is 0 Å². The fourth-order valence-corrected chi connectivity index (χ4v) is 2.13. The van der Waals surface area contributed by atoms with E-state index >= 15 is 0 Å². The van der Waals surface area contributed by atoms with Gasteiger partial charge in [0.1, 0.15) is 0 Å². The second kappa shape index (κ2) is 5.04. The van der Waals surface area contributed by atoms with Crippen molar-refractivity contribution in [2.24, 2.45) is 0 Å². The molecule has 0 aliphatic carbocycles. The fraction of sp³-hybridized carbons (Fsp3) is 0.286. The molecule has 4 heteroatoms. The number of anilines is 1. The van der Waals surface area contributed by atoms with E-state index in [9.17, 15) is 9.59 Å². The second-order valence-electron chi connectivity index (χ2n) is 4.36. The molecule has 1 N–H and O–H groups in total. The first-order valence-electron chi connectivity index (χ1n) is 5.86. The van der Waals surface area contributed by atoms with Crippen LogP contribution >= 0.6 is 0 Å². The average molecular weight is 245 g/mol. The van der Waals surface area contributed by atoms with Gasteiger partial charge in [0.2, 0.25) is 5.91 Å². The van der Waals surface area contributed by atoms with Crippen LogP contribution in [0.25, 0.3) is 0 Å². The minimum atomic E-state index is -0.932. The van der Waals surface area contributed by atoms with E-state index in [4.69, 9.17) is 5.11 Å². The van der Waals surface area contributed by atoms with E-state index < -0.39 is 5.97 Å². The van der Waals surface area contributed by atoms with Gasteiger partial charge in [0.25, 0.3) is 0 Å². The highest BCUT2D eigenvalue weighted by molar-refractivity contribution is 5.95. The zero-order valence-electron chi connectivity index (χ0n) is 10.2. The van der Waals surface area contributed by atoms with Crippen molar-refractivity contribution in [3.05, 3.63) is 41.5 Å². The van der Waals surface area contributed by atoms with E-state index in [-0.39, 0.29) is 5.91 Å². The molecule has 1 aromatic carbocycles. The Labute approximate surface area is 106 Å². The second-order valence-corrected chi connectivity index (χ2v) is 4.36. The Hall–Kier alpha value is -2.10. The van der Waals surface area contributed by atoms with Crippen LogP contribution in [0.1, 0.15) is 17.5 Å². The third kappa shape index (κ3) is 2.59. The number of carboxylic acid groups (broad SMARTS) is 1. The number of nitrogens with zero attached hydrogens (tertiary/aromatic N) is 1. The maximum Gasteiger partial charge on any atom is 0.327 e. The SMILES string of the molecule is CN1C(=O)CCc2cc(C/C=C/C(=O)O)ccc21. The number of carbonyl (C=O) groups is 2. The van der Waals surface area contributed by atoms with Crippen LogP contribution in [0.15, 0.2) is 30.4 Å². The molecule has 1 aromatic rings. The van der Waals surface area contributed by atoms with E-state index in [0.717, 1.165) is 29.3 Å². The van der Waals surface area contributed by atoms with Gasteiger partial charge < -0.3 is 10.0 Å². The van der Waals surface area contributed by atoms with Crippen LogP contribution in [-0.4, -0.2) is 24.0 Å². The lowest BCUT2D eigenvalue weighted by Crippen LogP contribution is -2.31. The Morgan fingerprint density at radius 1 is 1.44 bits per heavy atom. The van der Waals surface area contributed by atoms with Gasteiger partial charge in [0.05, 0.1) is 0 Å². The molecular weight excluding hydrogens is 230 g/mol. The largest absolute Gasteiger partial charge is 0.478 e. The molecule has 1 aliphatic rings. The van der Waals surface area contributed by atoms with Gasteiger partial charge in [-0.15, -0.1) is 0 Å². The summed E-state index contributed by atoms with van der Waals surface area (Å²) in [6.45, 7) is 0. The maximum atomic E-state index is 11.5. The number of carbonyl (C=O) groups excluding carboxylic acids is 1. The molecule has 0 saturated carbocycles. The molecule has 94 valence electrons. The van der Waals surface area contributed by atoms with Crippen LogP contribution in [0.3, 0.4) is 0 Å². The lowest BCUT2D eigenvalue weighted by Gasteiger charge is -2.26. The monoisotopic (exact) mass is 245 g/mol. The summed E-state index contributed by atoms with van der Waals surface area (Å²) in [5.74, 6) is -0.792. The van der Waals surface area contributed by atoms with Gasteiger partial charge in [0.15, 0.2) is 0 Å². The quantitative estimate of drug-likeness (QED) is 0.826. The Kier molecular flexibility index (Phi) is 3.46. The van der Waals surface area contributed by atoms with Crippen molar-refractivity contribution in [3.63, 3.8) is 0 Å². The summed E-state index contributed by atoms with van der Waals surface area (Å²) in [5, 5.41) is 8.52. The first-order valence-corrected chi connectivity index (χ1v) is 5.86.